The van der Waals surface area contributed by atoms with Crippen molar-refractivity contribution in [1.29, 1.82) is 0 Å². The van der Waals surface area contributed by atoms with Crippen LogP contribution in [-0.4, -0.2) is 54.5 Å². The third kappa shape index (κ3) is 2.72. The predicted octanol–water partition coefficient (Wildman–Crippen LogP) is 0.652. The fraction of sp³-hybridized carbons (Fsp3) is 0.385. The Morgan fingerprint density at radius 2 is 2.27 bits per heavy atom. The van der Waals surface area contributed by atoms with E-state index in [2.05, 4.69) is 10.3 Å². The van der Waals surface area contributed by atoms with Gasteiger partial charge in [0.2, 0.25) is 10.0 Å². The number of fused-ring (bicyclic) bond motifs is 1. The fourth-order valence-corrected chi connectivity index (χ4v) is 4.86. The number of aryl methyl sites for hydroxylation is 1. The molecule has 1 fully saturated rings. The number of nitrogens with one attached hydrogen (secondary N) is 1. The normalized spacial score (nSPS) is 20.3. The molecule has 1 aromatic heterocycles. The van der Waals surface area contributed by atoms with Gasteiger partial charge in [0.05, 0.1) is 20.1 Å². The number of thiazole rings is 1. The molecule has 0 radical (unpaired) electrons. The van der Waals surface area contributed by atoms with E-state index in [4.69, 9.17) is 5.11 Å². The summed E-state index contributed by atoms with van der Waals surface area (Å²) < 4.78 is 27.4. The lowest BCUT2D eigenvalue weighted by Crippen LogP contribution is -2.55. The highest BCUT2D eigenvalue weighted by Gasteiger charge is 2.33. The van der Waals surface area contributed by atoms with E-state index in [1.807, 2.05) is 6.92 Å². The fourth-order valence-electron chi connectivity index (χ4n) is 2.44. The monoisotopic (exact) mass is 341 g/mol. The van der Waals surface area contributed by atoms with Gasteiger partial charge in [0.25, 0.3) is 0 Å². The summed E-state index contributed by atoms with van der Waals surface area (Å²) in [5, 5.41) is 12.7. The Hall–Kier alpha value is -1.55. The number of carboxylic acids is 1. The molecule has 2 aromatic rings. The zero-order chi connectivity index (χ0) is 15.9. The van der Waals surface area contributed by atoms with Crippen molar-refractivity contribution in [3.63, 3.8) is 0 Å². The van der Waals surface area contributed by atoms with Crippen LogP contribution in [0.25, 0.3) is 10.2 Å². The Morgan fingerprint density at radius 1 is 1.50 bits per heavy atom. The lowest BCUT2D eigenvalue weighted by atomic mass is 10.2. The van der Waals surface area contributed by atoms with Gasteiger partial charge in [0, 0.05) is 19.6 Å². The highest BCUT2D eigenvalue weighted by atomic mass is 32.2. The molecule has 1 atom stereocenters. The average Bonchev–Trinajstić information content (AvgIpc) is 2.86. The summed E-state index contributed by atoms with van der Waals surface area (Å²) in [6.45, 7) is 2.37. The Balaban J connectivity index is 1.94. The van der Waals surface area contributed by atoms with Crippen LogP contribution in [0.1, 0.15) is 5.01 Å². The number of aromatic nitrogens is 1. The standard InChI is InChI=1S/C13H15N3O4S2/c1-8-15-10-3-2-9(6-12(10)21-8)22(19,20)16-5-4-14-11(7-16)13(17)18/h2-3,6,11,14H,4-5,7H2,1H3,(H,17,18). The van der Waals surface area contributed by atoms with E-state index in [0.29, 0.717) is 6.54 Å². The Bertz CT molecular complexity index is 831. The molecular formula is C13H15N3O4S2. The van der Waals surface area contributed by atoms with Gasteiger partial charge in [0.15, 0.2) is 0 Å². The molecule has 9 heteroatoms. The Morgan fingerprint density at radius 3 is 3.00 bits per heavy atom. The molecule has 0 amide bonds. The molecule has 0 aliphatic carbocycles. The van der Waals surface area contributed by atoms with Gasteiger partial charge in [0.1, 0.15) is 6.04 Å². The number of nitrogens with zero attached hydrogens (tertiary/aromatic N) is 2. The van der Waals surface area contributed by atoms with Gasteiger partial charge in [-0.25, -0.2) is 13.4 Å². The van der Waals surface area contributed by atoms with Crippen LogP contribution in [0.5, 0.6) is 0 Å². The number of carbonyl (C=O) groups is 1. The van der Waals surface area contributed by atoms with Crippen molar-refractivity contribution >= 4 is 37.5 Å². The summed E-state index contributed by atoms with van der Waals surface area (Å²) in [5.74, 6) is -1.05. The zero-order valence-electron chi connectivity index (χ0n) is 11.8. The maximum atomic E-state index is 12.7. The van der Waals surface area contributed by atoms with Crippen LogP contribution in [0.2, 0.25) is 0 Å². The Kier molecular flexibility index (Phi) is 3.89. The van der Waals surface area contributed by atoms with E-state index >= 15 is 0 Å². The summed E-state index contributed by atoms with van der Waals surface area (Å²) in [7, 11) is -3.70. The van der Waals surface area contributed by atoms with Crippen molar-refractivity contribution < 1.29 is 18.3 Å². The van der Waals surface area contributed by atoms with Crippen LogP contribution in [0.3, 0.4) is 0 Å². The van der Waals surface area contributed by atoms with Gasteiger partial charge in [-0.1, -0.05) is 0 Å². The van der Waals surface area contributed by atoms with Gasteiger partial charge < -0.3 is 10.4 Å². The van der Waals surface area contributed by atoms with Crippen LogP contribution in [0, 0.1) is 6.92 Å². The number of hydrogen-bond acceptors (Lipinski definition) is 6. The molecule has 1 aromatic carbocycles. The second kappa shape index (κ2) is 5.58. The maximum Gasteiger partial charge on any atom is 0.322 e. The number of rotatable bonds is 3. The van der Waals surface area contributed by atoms with Crippen molar-refractivity contribution in [2.45, 2.75) is 17.9 Å². The van der Waals surface area contributed by atoms with E-state index < -0.39 is 22.0 Å². The van der Waals surface area contributed by atoms with E-state index in [1.54, 1.807) is 12.1 Å². The van der Waals surface area contributed by atoms with E-state index in [0.717, 1.165) is 15.2 Å². The van der Waals surface area contributed by atoms with Gasteiger partial charge >= 0.3 is 5.97 Å². The average molecular weight is 341 g/mol. The first-order chi connectivity index (χ1) is 10.4. The lowest BCUT2D eigenvalue weighted by Gasteiger charge is -2.30. The molecule has 2 N–H and O–H groups in total. The van der Waals surface area contributed by atoms with Crippen molar-refractivity contribution in [2.75, 3.05) is 19.6 Å². The topological polar surface area (TPSA) is 99.6 Å². The molecule has 1 aliphatic heterocycles. The van der Waals surface area contributed by atoms with Crippen molar-refractivity contribution in [2.24, 2.45) is 0 Å². The molecule has 2 heterocycles. The molecule has 0 bridgehead atoms. The number of piperazine rings is 1. The maximum absolute atomic E-state index is 12.7. The van der Waals surface area contributed by atoms with Gasteiger partial charge in [-0.05, 0) is 25.1 Å². The second-order valence-electron chi connectivity index (χ2n) is 5.07. The molecular weight excluding hydrogens is 326 g/mol. The summed E-state index contributed by atoms with van der Waals surface area (Å²) in [6, 6.07) is 3.93. The predicted molar refractivity (Wildman–Crippen MR) is 82.5 cm³/mol. The van der Waals surface area contributed by atoms with Crippen molar-refractivity contribution in [1.82, 2.24) is 14.6 Å². The number of aliphatic carboxylic acids is 1. The first kappa shape index (κ1) is 15.3. The van der Waals surface area contributed by atoms with Crippen LogP contribution in [0.4, 0.5) is 0 Å². The first-order valence-electron chi connectivity index (χ1n) is 6.71. The highest BCUT2D eigenvalue weighted by Crippen LogP contribution is 2.26. The minimum Gasteiger partial charge on any atom is -0.480 e. The summed E-state index contributed by atoms with van der Waals surface area (Å²) in [4.78, 5) is 15.5. The van der Waals surface area contributed by atoms with Crippen molar-refractivity contribution in [3.05, 3.63) is 23.2 Å². The third-order valence-electron chi connectivity index (χ3n) is 3.54. The molecule has 22 heavy (non-hydrogen) atoms. The van der Waals surface area contributed by atoms with Crippen LogP contribution >= 0.6 is 11.3 Å². The van der Waals surface area contributed by atoms with Gasteiger partial charge in [-0.3, -0.25) is 4.79 Å². The van der Waals surface area contributed by atoms with E-state index in [9.17, 15) is 13.2 Å². The summed E-state index contributed by atoms with van der Waals surface area (Å²) in [6.07, 6.45) is 0. The number of benzene rings is 1. The number of hydrogen-bond donors (Lipinski definition) is 2. The van der Waals surface area contributed by atoms with Gasteiger partial charge in [-0.2, -0.15) is 4.31 Å². The lowest BCUT2D eigenvalue weighted by molar-refractivity contribution is -0.140. The highest BCUT2D eigenvalue weighted by molar-refractivity contribution is 7.89. The van der Waals surface area contributed by atoms with E-state index in [1.165, 1.54) is 21.7 Å². The van der Waals surface area contributed by atoms with Crippen LogP contribution in [0.15, 0.2) is 23.1 Å². The van der Waals surface area contributed by atoms with Crippen LogP contribution in [-0.2, 0) is 14.8 Å². The SMILES string of the molecule is Cc1nc2ccc(S(=O)(=O)N3CCNC(C(=O)O)C3)cc2s1. The van der Waals surface area contributed by atoms with Crippen LogP contribution < -0.4 is 5.32 Å². The third-order valence-corrected chi connectivity index (χ3v) is 6.34. The largest absolute Gasteiger partial charge is 0.480 e. The molecule has 0 spiro atoms. The summed E-state index contributed by atoms with van der Waals surface area (Å²) in [5.41, 5.74) is 0.769. The van der Waals surface area contributed by atoms with Crippen molar-refractivity contribution in [3.8, 4) is 0 Å². The minimum absolute atomic E-state index is 0.0720. The molecule has 1 aliphatic rings. The molecule has 1 unspecified atom stereocenters. The first-order valence-corrected chi connectivity index (χ1v) is 8.97. The summed E-state index contributed by atoms with van der Waals surface area (Å²) >= 11 is 1.43. The quantitative estimate of drug-likeness (QED) is 0.850. The van der Waals surface area contributed by atoms with Gasteiger partial charge in [-0.15, -0.1) is 11.3 Å². The molecule has 3 rings (SSSR count). The molecule has 7 nitrogen and oxygen atoms in total. The number of carboxylic acid groups (broad SMARTS) is 1. The molecule has 0 saturated carbocycles. The minimum atomic E-state index is -3.70. The smallest absolute Gasteiger partial charge is 0.322 e. The number of sulfonamides is 1. The Labute approximate surface area is 131 Å². The second-order valence-corrected chi connectivity index (χ2v) is 8.24. The molecule has 118 valence electrons. The van der Waals surface area contributed by atoms with E-state index in [-0.39, 0.29) is 18.0 Å². The zero-order valence-corrected chi connectivity index (χ0v) is 13.4. The molecule has 1 saturated heterocycles.